The molecular formula is C30H37N3O7S2. The van der Waals surface area contributed by atoms with Crippen molar-refractivity contribution in [3.63, 3.8) is 0 Å². The van der Waals surface area contributed by atoms with Gasteiger partial charge in [-0.25, -0.2) is 21.6 Å². The smallest absolute Gasteiger partial charge is 0.243 e. The lowest BCUT2D eigenvalue weighted by Crippen LogP contribution is -2.47. The Bertz CT molecular complexity index is 1580. The Kier molecular flexibility index (Phi) is 9.33. The van der Waals surface area contributed by atoms with E-state index < -0.39 is 31.8 Å². The van der Waals surface area contributed by atoms with Crippen LogP contribution in [0, 0.1) is 0 Å². The molecule has 226 valence electrons. The highest BCUT2D eigenvalue weighted by atomic mass is 32.2. The molecule has 2 heterocycles. The van der Waals surface area contributed by atoms with E-state index in [9.17, 15) is 21.9 Å². The summed E-state index contributed by atoms with van der Waals surface area (Å²) in [6, 6.07) is 22.8. The fourth-order valence-electron chi connectivity index (χ4n) is 5.55. The van der Waals surface area contributed by atoms with Crippen molar-refractivity contribution >= 4 is 20.0 Å². The molecule has 0 amide bonds. The van der Waals surface area contributed by atoms with Crippen molar-refractivity contribution in [3.05, 3.63) is 78.9 Å². The molecular weight excluding hydrogens is 578 g/mol. The lowest BCUT2D eigenvalue weighted by atomic mass is 9.88. The second-order valence-electron chi connectivity index (χ2n) is 10.7. The lowest BCUT2D eigenvalue weighted by Gasteiger charge is -2.38. The fourth-order valence-corrected chi connectivity index (χ4v) is 7.97. The van der Waals surface area contributed by atoms with E-state index >= 15 is 0 Å². The molecule has 5 rings (SSSR count). The molecule has 3 aromatic carbocycles. The van der Waals surface area contributed by atoms with Crippen molar-refractivity contribution in [2.45, 2.75) is 46.8 Å². The molecule has 10 nitrogen and oxygen atoms in total. The third-order valence-electron chi connectivity index (χ3n) is 7.90. The standard InChI is InChI=1S/C30H37N3O7S2/c1-31-41(35,36)27-11-7-10-26(18-27)39-22-25(34)20-32-24-19-30(40-21-24)14-16-33(17-15-30)42(37,38)29-13-6-5-12-28(29)23-8-3-2-4-9-23/h2-13,18,24-25,31-32,34H,14-17,19-22H2,1H3/t24?,25-/m0/s1. The number of piperidine rings is 1. The molecule has 2 saturated heterocycles. The average molecular weight is 616 g/mol. The van der Waals surface area contributed by atoms with Crippen LogP contribution in [0.3, 0.4) is 0 Å². The van der Waals surface area contributed by atoms with Gasteiger partial charge in [-0.2, -0.15) is 4.31 Å². The fraction of sp³-hybridized carbons (Fsp3) is 0.400. The summed E-state index contributed by atoms with van der Waals surface area (Å²) < 4.78 is 67.0. The Balaban J connectivity index is 1.12. The predicted molar refractivity (Wildman–Crippen MR) is 159 cm³/mol. The molecule has 1 unspecified atom stereocenters. The molecule has 1 spiro atoms. The van der Waals surface area contributed by atoms with Crippen LogP contribution in [-0.4, -0.2) is 83.9 Å². The minimum atomic E-state index is -3.69. The summed E-state index contributed by atoms with van der Waals surface area (Å²) in [6.45, 7) is 1.48. The number of rotatable bonds is 11. The summed E-state index contributed by atoms with van der Waals surface area (Å²) in [5.74, 6) is 0.349. The normalized spacial score (nSPS) is 20.0. The molecule has 2 aliphatic rings. The van der Waals surface area contributed by atoms with Crippen LogP contribution in [0.5, 0.6) is 5.75 Å². The Hall–Kier alpha value is -2.84. The van der Waals surface area contributed by atoms with Gasteiger partial charge < -0.3 is 19.9 Å². The van der Waals surface area contributed by atoms with Gasteiger partial charge in [-0.05, 0) is 50.1 Å². The zero-order valence-corrected chi connectivity index (χ0v) is 25.1. The highest BCUT2D eigenvalue weighted by Gasteiger charge is 2.45. The van der Waals surface area contributed by atoms with Crippen LogP contribution >= 0.6 is 0 Å². The first-order valence-electron chi connectivity index (χ1n) is 14.0. The van der Waals surface area contributed by atoms with Gasteiger partial charge in [-0.3, -0.25) is 0 Å². The Labute approximate surface area is 247 Å². The van der Waals surface area contributed by atoms with E-state index in [2.05, 4.69) is 10.0 Å². The van der Waals surface area contributed by atoms with Crippen molar-refractivity contribution < 1.29 is 31.4 Å². The molecule has 42 heavy (non-hydrogen) atoms. The van der Waals surface area contributed by atoms with Crippen molar-refractivity contribution in [1.82, 2.24) is 14.3 Å². The Morgan fingerprint density at radius 1 is 1.00 bits per heavy atom. The van der Waals surface area contributed by atoms with E-state index in [4.69, 9.17) is 9.47 Å². The maximum absolute atomic E-state index is 13.7. The first-order chi connectivity index (χ1) is 20.1. The van der Waals surface area contributed by atoms with Gasteiger partial charge in [0.2, 0.25) is 20.0 Å². The van der Waals surface area contributed by atoms with Gasteiger partial charge in [0.15, 0.2) is 0 Å². The SMILES string of the molecule is CNS(=O)(=O)c1cccc(OC[C@@H](O)CNC2COC3(CCN(S(=O)(=O)c4ccccc4-c4ccccc4)CC3)C2)c1. The maximum atomic E-state index is 13.7. The third-order valence-corrected chi connectivity index (χ3v) is 11.3. The second-order valence-corrected chi connectivity index (χ2v) is 14.5. The molecule has 2 aliphatic heterocycles. The van der Waals surface area contributed by atoms with Gasteiger partial charge in [0.25, 0.3) is 0 Å². The number of aliphatic hydroxyl groups excluding tert-OH is 1. The van der Waals surface area contributed by atoms with E-state index in [1.54, 1.807) is 28.6 Å². The van der Waals surface area contributed by atoms with E-state index in [0.29, 0.717) is 48.7 Å². The van der Waals surface area contributed by atoms with Gasteiger partial charge in [-0.15, -0.1) is 0 Å². The van der Waals surface area contributed by atoms with Crippen molar-refractivity contribution in [2.75, 3.05) is 39.9 Å². The maximum Gasteiger partial charge on any atom is 0.243 e. The number of hydrogen-bond donors (Lipinski definition) is 3. The van der Waals surface area contributed by atoms with E-state index in [1.165, 1.54) is 19.2 Å². The van der Waals surface area contributed by atoms with Crippen LogP contribution < -0.4 is 14.8 Å². The number of nitrogens with zero attached hydrogens (tertiary/aromatic N) is 1. The minimum Gasteiger partial charge on any atom is -0.491 e. The molecule has 2 atom stereocenters. The van der Waals surface area contributed by atoms with Gasteiger partial charge in [0.05, 0.1) is 22.0 Å². The summed E-state index contributed by atoms with van der Waals surface area (Å²) in [7, 11) is -5.93. The minimum absolute atomic E-state index is 0.00789. The molecule has 0 saturated carbocycles. The number of nitrogens with one attached hydrogen (secondary N) is 2. The lowest BCUT2D eigenvalue weighted by molar-refractivity contribution is -0.0312. The van der Waals surface area contributed by atoms with Crippen LogP contribution in [0.1, 0.15) is 19.3 Å². The van der Waals surface area contributed by atoms with Crippen LogP contribution in [0.15, 0.2) is 88.7 Å². The molecule has 0 aromatic heterocycles. The number of hydrogen-bond acceptors (Lipinski definition) is 8. The van der Waals surface area contributed by atoms with Crippen LogP contribution in [0.4, 0.5) is 0 Å². The first kappa shape index (κ1) is 30.6. The zero-order chi connectivity index (χ0) is 29.8. The second kappa shape index (κ2) is 12.8. The van der Waals surface area contributed by atoms with Crippen molar-refractivity contribution in [1.29, 1.82) is 0 Å². The number of sulfonamides is 2. The summed E-state index contributed by atoms with van der Waals surface area (Å²) in [4.78, 5) is 0.397. The predicted octanol–water partition coefficient (Wildman–Crippen LogP) is 2.60. The van der Waals surface area contributed by atoms with Gasteiger partial charge in [-0.1, -0.05) is 54.6 Å². The average Bonchev–Trinajstić information content (AvgIpc) is 3.41. The number of aliphatic hydroxyl groups is 1. The summed E-state index contributed by atoms with van der Waals surface area (Å²) in [5.41, 5.74) is 1.16. The third kappa shape index (κ3) is 6.86. The zero-order valence-electron chi connectivity index (χ0n) is 23.5. The number of benzene rings is 3. The first-order valence-corrected chi connectivity index (χ1v) is 16.9. The molecule has 3 aromatic rings. The van der Waals surface area contributed by atoms with E-state index in [1.807, 2.05) is 42.5 Å². The quantitative estimate of drug-likeness (QED) is 0.300. The Morgan fingerprint density at radius 3 is 2.45 bits per heavy atom. The molecule has 2 fully saturated rings. The highest BCUT2D eigenvalue weighted by Crippen LogP contribution is 2.38. The summed E-state index contributed by atoms with van der Waals surface area (Å²) in [5, 5.41) is 13.8. The topological polar surface area (TPSA) is 134 Å². The molecule has 0 bridgehead atoms. The molecule has 0 radical (unpaired) electrons. The van der Waals surface area contributed by atoms with Crippen LogP contribution in [0.25, 0.3) is 11.1 Å². The highest BCUT2D eigenvalue weighted by molar-refractivity contribution is 7.89. The van der Waals surface area contributed by atoms with Crippen LogP contribution in [0.2, 0.25) is 0 Å². The van der Waals surface area contributed by atoms with Gasteiger partial charge in [0.1, 0.15) is 18.5 Å². The van der Waals surface area contributed by atoms with Gasteiger partial charge >= 0.3 is 0 Å². The van der Waals surface area contributed by atoms with E-state index in [-0.39, 0.29) is 24.1 Å². The Morgan fingerprint density at radius 2 is 1.71 bits per heavy atom. The molecule has 12 heteroatoms. The van der Waals surface area contributed by atoms with Crippen LogP contribution in [-0.2, 0) is 24.8 Å². The molecule has 3 N–H and O–H groups in total. The monoisotopic (exact) mass is 615 g/mol. The van der Waals surface area contributed by atoms with E-state index in [0.717, 1.165) is 12.0 Å². The largest absolute Gasteiger partial charge is 0.491 e. The van der Waals surface area contributed by atoms with Crippen molar-refractivity contribution in [3.8, 4) is 16.9 Å². The van der Waals surface area contributed by atoms with Crippen molar-refractivity contribution in [2.24, 2.45) is 0 Å². The van der Waals surface area contributed by atoms with Gasteiger partial charge in [0, 0.05) is 37.3 Å². The molecule has 0 aliphatic carbocycles. The summed E-state index contributed by atoms with van der Waals surface area (Å²) in [6.07, 6.45) is 1.09. The summed E-state index contributed by atoms with van der Waals surface area (Å²) >= 11 is 0. The number of ether oxygens (including phenoxy) is 2.